The van der Waals surface area contributed by atoms with Crippen LogP contribution in [0, 0.1) is 0 Å². The molecule has 0 unspecified atom stereocenters. The highest BCUT2D eigenvalue weighted by Gasteiger charge is 2.16. The van der Waals surface area contributed by atoms with E-state index in [9.17, 15) is 8.42 Å². The second-order valence-electron chi connectivity index (χ2n) is 4.11. The van der Waals surface area contributed by atoms with Crippen LogP contribution in [0.15, 0.2) is 35.6 Å². The number of nitrogens with two attached hydrogens (primary N) is 1. The molecule has 0 aliphatic rings. The maximum atomic E-state index is 12.2. The van der Waals surface area contributed by atoms with E-state index in [1.54, 1.807) is 18.0 Å². The van der Waals surface area contributed by atoms with Crippen LogP contribution in [-0.2, 0) is 21.3 Å². The Balaban J connectivity index is 2.15. The van der Waals surface area contributed by atoms with Gasteiger partial charge in [-0.2, -0.15) is 5.10 Å². The Kier molecular flexibility index (Phi) is 4.73. The van der Waals surface area contributed by atoms with E-state index in [1.165, 1.54) is 24.5 Å². The summed E-state index contributed by atoms with van der Waals surface area (Å²) in [6.07, 6.45) is 4.36. The molecule has 2 aromatic heterocycles. The third-order valence-corrected chi connectivity index (χ3v) is 3.98. The molecule has 0 aromatic carbocycles. The quantitative estimate of drug-likeness (QED) is 0.486. The average molecular weight is 312 g/mol. The summed E-state index contributed by atoms with van der Waals surface area (Å²) in [6, 6.07) is 2.70. The minimum atomic E-state index is -3.72. The van der Waals surface area contributed by atoms with Crippen molar-refractivity contribution < 1.29 is 13.2 Å². The SMILES string of the molecule is COCCn1cc(NS(=O)(=O)c2ccnc(NN)c2)cn1. The zero-order valence-electron chi connectivity index (χ0n) is 11.4. The number of methoxy groups -OCH3 is 1. The number of anilines is 2. The molecular formula is C11H16N6O3S. The summed E-state index contributed by atoms with van der Waals surface area (Å²) in [5, 5.41) is 4.03. The van der Waals surface area contributed by atoms with E-state index in [2.05, 4.69) is 20.2 Å². The van der Waals surface area contributed by atoms with E-state index < -0.39 is 10.0 Å². The van der Waals surface area contributed by atoms with Gasteiger partial charge in [0.2, 0.25) is 0 Å². The van der Waals surface area contributed by atoms with Gasteiger partial charge in [-0.15, -0.1) is 0 Å². The Morgan fingerprint density at radius 3 is 3.00 bits per heavy atom. The van der Waals surface area contributed by atoms with Gasteiger partial charge in [0.1, 0.15) is 5.82 Å². The third-order valence-electron chi connectivity index (χ3n) is 2.60. The molecule has 2 aromatic rings. The molecule has 2 heterocycles. The van der Waals surface area contributed by atoms with Crippen molar-refractivity contribution in [3.05, 3.63) is 30.7 Å². The van der Waals surface area contributed by atoms with Crippen molar-refractivity contribution in [2.45, 2.75) is 11.4 Å². The summed E-state index contributed by atoms with van der Waals surface area (Å²) in [6.45, 7) is 1.03. The zero-order chi connectivity index (χ0) is 15.3. The molecule has 114 valence electrons. The van der Waals surface area contributed by atoms with Crippen molar-refractivity contribution in [1.29, 1.82) is 0 Å². The van der Waals surface area contributed by atoms with Crippen LogP contribution in [0.5, 0.6) is 0 Å². The predicted molar refractivity (Wildman–Crippen MR) is 77.0 cm³/mol. The van der Waals surface area contributed by atoms with E-state index in [4.69, 9.17) is 10.6 Å². The van der Waals surface area contributed by atoms with Crippen molar-refractivity contribution in [3.8, 4) is 0 Å². The fourth-order valence-electron chi connectivity index (χ4n) is 1.59. The van der Waals surface area contributed by atoms with Crippen LogP contribution in [0.25, 0.3) is 0 Å². The first kappa shape index (κ1) is 15.2. The molecule has 0 radical (unpaired) electrons. The molecule has 4 N–H and O–H groups in total. The van der Waals surface area contributed by atoms with Crippen molar-refractivity contribution in [2.24, 2.45) is 5.84 Å². The van der Waals surface area contributed by atoms with Gasteiger partial charge in [-0.1, -0.05) is 0 Å². The Hall–Kier alpha value is -2.17. The molecule has 0 bridgehead atoms. The zero-order valence-corrected chi connectivity index (χ0v) is 12.2. The number of pyridine rings is 1. The number of sulfonamides is 1. The maximum absolute atomic E-state index is 12.2. The van der Waals surface area contributed by atoms with Gasteiger partial charge in [0, 0.05) is 25.6 Å². The van der Waals surface area contributed by atoms with Crippen LogP contribution in [0.2, 0.25) is 0 Å². The van der Waals surface area contributed by atoms with Gasteiger partial charge in [0.15, 0.2) is 0 Å². The fourth-order valence-corrected chi connectivity index (χ4v) is 2.64. The monoisotopic (exact) mass is 312 g/mol. The summed E-state index contributed by atoms with van der Waals surface area (Å²) < 4.78 is 33.4. The topological polar surface area (TPSA) is 124 Å². The van der Waals surface area contributed by atoms with Gasteiger partial charge >= 0.3 is 0 Å². The summed E-state index contributed by atoms with van der Waals surface area (Å²) in [5.41, 5.74) is 2.66. The predicted octanol–water partition coefficient (Wildman–Crippen LogP) is 0.0109. The van der Waals surface area contributed by atoms with E-state index in [0.717, 1.165) is 0 Å². The molecule has 0 amide bonds. The number of ether oxygens (including phenoxy) is 1. The number of rotatable bonds is 7. The van der Waals surface area contributed by atoms with Gasteiger partial charge in [0.25, 0.3) is 10.0 Å². The average Bonchev–Trinajstić information content (AvgIpc) is 2.92. The minimum absolute atomic E-state index is 0.0510. The second kappa shape index (κ2) is 6.52. The smallest absolute Gasteiger partial charge is 0.262 e. The number of hydrazine groups is 1. The lowest BCUT2D eigenvalue weighted by atomic mass is 10.5. The summed E-state index contributed by atoms with van der Waals surface area (Å²) >= 11 is 0. The molecule has 0 saturated heterocycles. The highest BCUT2D eigenvalue weighted by atomic mass is 32.2. The summed E-state index contributed by atoms with van der Waals surface area (Å²) in [4.78, 5) is 3.91. The number of hydrogen-bond acceptors (Lipinski definition) is 7. The number of nitrogen functional groups attached to an aromatic ring is 1. The molecule has 10 heteroatoms. The Labute approximate surface area is 122 Å². The van der Waals surface area contributed by atoms with Crippen molar-refractivity contribution >= 4 is 21.5 Å². The third kappa shape index (κ3) is 3.90. The fraction of sp³-hybridized carbons (Fsp3) is 0.273. The van der Waals surface area contributed by atoms with E-state index in [-0.39, 0.29) is 10.7 Å². The Morgan fingerprint density at radius 1 is 1.48 bits per heavy atom. The highest BCUT2D eigenvalue weighted by molar-refractivity contribution is 7.92. The van der Waals surface area contributed by atoms with Crippen LogP contribution < -0.4 is 16.0 Å². The number of nitrogens with zero attached hydrogens (tertiary/aromatic N) is 3. The Morgan fingerprint density at radius 2 is 2.29 bits per heavy atom. The van der Waals surface area contributed by atoms with Crippen molar-refractivity contribution in [2.75, 3.05) is 23.9 Å². The van der Waals surface area contributed by atoms with E-state index >= 15 is 0 Å². The van der Waals surface area contributed by atoms with Crippen LogP contribution in [0.3, 0.4) is 0 Å². The molecule has 0 aliphatic heterocycles. The summed E-state index contributed by atoms with van der Waals surface area (Å²) in [7, 11) is -2.14. The lowest BCUT2D eigenvalue weighted by molar-refractivity contribution is 0.183. The van der Waals surface area contributed by atoms with Crippen LogP contribution in [-0.4, -0.2) is 36.9 Å². The number of hydrogen-bond donors (Lipinski definition) is 3. The number of nitrogens with one attached hydrogen (secondary N) is 2. The molecule has 0 spiro atoms. The molecule has 2 rings (SSSR count). The van der Waals surface area contributed by atoms with Gasteiger partial charge in [-0.25, -0.2) is 19.2 Å². The first-order valence-electron chi connectivity index (χ1n) is 6.02. The molecule has 21 heavy (non-hydrogen) atoms. The van der Waals surface area contributed by atoms with Gasteiger partial charge in [0.05, 0.1) is 29.9 Å². The first-order chi connectivity index (χ1) is 10.0. The molecule has 0 fully saturated rings. The molecule has 0 aliphatic carbocycles. The highest BCUT2D eigenvalue weighted by Crippen LogP contribution is 2.16. The minimum Gasteiger partial charge on any atom is -0.383 e. The van der Waals surface area contributed by atoms with Crippen molar-refractivity contribution in [3.63, 3.8) is 0 Å². The van der Waals surface area contributed by atoms with E-state index in [1.807, 2.05) is 0 Å². The van der Waals surface area contributed by atoms with Crippen LogP contribution in [0.1, 0.15) is 0 Å². The van der Waals surface area contributed by atoms with E-state index in [0.29, 0.717) is 18.8 Å². The van der Waals surface area contributed by atoms with Gasteiger partial charge in [-0.05, 0) is 6.07 Å². The normalized spacial score (nSPS) is 11.3. The maximum Gasteiger partial charge on any atom is 0.262 e. The molecule has 9 nitrogen and oxygen atoms in total. The second-order valence-corrected chi connectivity index (χ2v) is 5.79. The van der Waals surface area contributed by atoms with Gasteiger partial charge < -0.3 is 10.2 Å². The largest absolute Gasteiger partial charge is 0.383 e. The first-order valence-corrected chi connectivity index (χ1v) is 7.50. The summed E-state index contributed by atoms with van der Waals surface area (Å²) in [5.74, 6) is 5.47. The lowest BCUT2D eigenvalue weighted by Gasteiger charge is -2.07. The lowest BCUT2D eigenvalue weighted by Crippen LogP contribution is -2.14. The molecular weight excluding hydrogens is 296 g/mol. The number of aromatic nitrogens is 3. The van der Waals surface area contributed by atoms with Crippen LogP contribution in [0.4, 0.5) is 11.5 Å². The Bertz CT molecular complexity index is 699. The van der Waals surface area contributed by atoms with Crippen molar-refractivity contribution in [1.82, 2.24) is 14.8 Å². The standard InChI is InChI=1S/C11H16N6O3S/c1-20-5-4-17-8-9(7-14-17)16-21(18,19)10-2-3-13-11(6-10)15-12/h2-3,6-8,16H,4-5,12H2,1H3,(H,13,15). The van der Waals surface area contributed by atoms with Crippen LogP contribution >= 0.6 is 0 Å². The molecule has 0 atom stereocenters. The molecule has 0 saturated carbocycles. The van der Waals surface area contributed by atoms with Gasteiger partial charge in [-0.3, -0.25) is 9.40 Å².